The van der Waals surface area contributed by atoms with E-state index >= 15 is 0 Å². The van der Waals surface area contributed by atoms with E-state index in [1.807, 2.05) is 67.6 Å². The number of nitrogens with zero attached hydrogens (tertiary/aromatic N) is 7. The van der Waals surface area contributed by atoms with Gasteiger partial charge in [-0.25, -0.2) is 4.98 Å². The molecule has 0 aliphatic heterocycles. The van der Waals surface area contributed by atoms with E-state index in [1.165, 1.54) is 11.3 Å². The Bertz CT molecular complexity index is 1570. The van der Waals surface area contributed by atoms with E-state index in [0.717, 1.165) is 49.7 Å². The minimum atomic E-state index is 0. The van der Waals surface area contributed by atoms with Crippen molar-refractivity contribution in [1.29, 1.82) is 0 Å². The van der Waals surface area contributed by atoms with Crippen molar-refractivity contribution in [3.8, 4) is 27.8 Å². The van der Waals surface area contributed by atoms with Crippen LogP contribution < -0.4 is 4.74 Å². The van der Waals surface area contributed by atoms with Gasteiger partial charge in [-0.3, -0.25) is 4.98 Å². The van der Waals surface area contributed by atoms with Crippen LogP contribution in [0.25, 0.3) is 38.1 Å². The molecular weight excluding hydrogens is 470 g/mol. The van der Waals surface area contributed by atoms with Crippen molar-refractivity contribution in [2.24, 2.45) is 0 Å². The van der Waals surface area contributed by atoms with Crippen molar-refractivity contribution in [3.05, 3.63) is 78.8 Å². The van der Waals surface area contributed by atoms with Crippen LogP contribution in [0.5, 0.6) is 5.75 Å². The van der Waals surface area contributed by atoms with E-state index in [-0.39, 0.29) is 12.4 Å². The number of pyridine rings is 1. The topological polar surface area (TPSA) is 83.0 Å². The molecule has 0 amide bonds. The van der Waals surface area contributed by atoms with Crippen molar-refractivity contribution >= 4 is 39.7 Å². The Labute approximate surface area is 205 Å². The van der Waals surface area contributed by atoms with Crippen molar-refractivity contribution in [2.45, 2.75) is 13.5 Å². The first-order chi connectivity index (χ1) is 16.3. The Morgan fingerprint density at radius 3 is 2.62 bits per heavy atom. The monoisotopic (exact) mass is 489 g/mol. The number of imidazole rings is 1. The van der Waals surface area contributed by atoms with Crippen molar-refractivity contribution < 1.29 is 4.74 Å². The predicted octanol–water partition coefficient (Wildman–Crippen LogP) is 5.13. The molecule has 0 radical (unpaired) electrons. The molecule has 34 heavy (non-hydrogen) atoms. The number of benzene rings is 2. The zero-order valence-corrected chi connectivity index (χ0v) is 19.8. The molecule has 0 bridgehead atoms. The van der Waals surface area contributed by atoms with Crippen LogP contribution in [-0.4, -0.2) is 41.0 Å². The maximum Gasteiger partial charge on any atom is 0.235 e. The highest BCUT2D eigenvalue weighted by molar-refractivity contribution is 7.19. The largest absolute Gasteiger partial charge is 0.493 e. The second-order valence-corrected chi connectivity index (χ2v) is 8.33. The molecule has 0 aliphatic rings. The van der Waals surface area contributed by atoms with Crippen molar-refractivity contribution in [2.75, 3.05) is 6.61 Å². The van der Waals surface area contributed by atoms with Crippen LogP contribution in [0.4, 0.5) is 0 Å². The molecule has 4 aromatic heterocycles. The summed E-state index contributed by atoms with van der Waals surface area (Å²) in [6, 6.07) is 21.8. The fourth-order valence-electron chi connectivity index (χ4n) is 3.86. The van der Waals surface area contributed by atoms with Gasteiger partial charge in [0, 0.05) is 6.20 Å². The van der Waals surface area contributed by atoms with Gasteiger partial charge >= 0.3 is 0 Å². The second kappa shape index (κ2) is 9.20. The molecule has 10 heteroatoms. The molecule has 6 aromatic rings. The van der Waals surface area contributed by atoms with Gasteiger partial charge in [-0.1, -0.05) is 41.7 Å². The highest BCUT2D eigenvalue weighted by atomic mass is 35.5. The number of hydrogen-bond acceptors (Lipinski definition) is 7. The van der Waals surface area contributed by atoms with Crippen molar-refractivity contribution in [3.63, 3.8) is 0 Å². The van der Waals surface area contributed by atoms with Crippen LogP contribution in [0.1, 0.15) is 12.7 Å². The number of fused-ring (bicyclic) bond motifs is 2. The van der Waals surface area contributed by atoms with Crippen LogP contribution in [0.15, 0.2) is 72.9 Å². The lowest BCUT2D eigenvalue weighted by molar-refractivity contribution is 0.341. The third kappa shape index (κ3) is 3.78. The summed E-state index contributed by atoms with van der Waals surface area (Å²) in [6.45, 7) is 3.03. The summed E-state index contributed by atoms with van der Waals surface area (Å²) in [4.78, 5) is 10.1. The lowest BCUT2D eigenvalue weighted by Gasteiger charge is -2.08. The van der Waals surface area contributed by atoms with Crippen LogP contribution in [0.3, 0.4) is 0 Å². The van der Waals surface area contributed by atoms with E-state index in [0.29, 0.717) is 13.2 Å². The van der Waals surface area contributed by atoms with Crippen LogP contribution in [-0.2, 0) is 6.54 Å². The first kappa shape index (κ1) is 22.0. The lowest BCUT2D eigenvalue weighted by Crippen LogP contribution is -2.07. The Morgan fingerprint density at radius 1 is 0.941 bits per heavy atom. The molecule has 2 aromatic carbocycles. The number of rotatable bonds is 6. The Hall–Kier alpha value is -3.82. The SMILES string of the molecule is CCOc1ccccc1-c1nn2c(Cn3c(-c4ccccn4)nc4ccccc43)nnc2s1.Cl. The molecule has 0 unspecified atom stereocenters. The van der Waals surface area contributed by atoms with E-state index in [9.17, 15) is 0 Å². The molecule has 0 N–H and O–H groups in total. The summed E-state index contributed by atoms with van der Waals surface area (Å²) >= 11 is 1.49. The van der Waals surface area contributed by atoms with Gasteiger partial charge < -0.3 is 9.30 Å². The molecule has 0 atom stereocenters. The smallest absolute Gasteiger partial charge is 0.235 e. The van der Waals surface area contributed by atoms with Gasteiger partial charge in [0.2, 0.25) is 4.96 Å². The predicted molar refractivity (Wildman–Crippen MR) is 135 cm³/mol. The minimum Gasteiger partial charge on any atom is -0.493 e. The Kier molecular flexibility index (Phi) is 5.95. The third-order valence-electron chi connectivity index (χ3n) is 5.32. The van der Waals surface area contributed by atoms with Crippen molar-refractivity contribution in [1.82, 2.24) is 34.3 Å². The van der Waals surface area contributed by atoms with E-state index in [4.69, 9.17) is 14.8 Å². The summed E-state index contributed by atoms with van der Waals surface area (Å²) < 4.78 is 9.71. The summed E-state index contributed by atoms with van der Waals surface area (Å²) in [6.07, 6.45) is 1.77. The highest BCUT2D eigenvalue weighted by Gasteiger charge is 2.19. The summed E-state index contributed by atoms with van der Waals surface area (Å²) in [7, 11) is 0. The quantitative estimate of drug-likeness (QED) is 0.322. The fraction of sp³-hybridized carbons (Fsp3) is 0.125. The van der Waals surface area contributed by atoms with E-state index in [1.54, 1.807) is 10.7 Å². The number of ether oxygens (including phenoxy) is 1. The van der Waals surface area contributed by atoms with Gasteiger partial charge in [-0.2, -0.15) is 9.61 Å². The number of halogens is 1. The van der Waals surface area contributed by atoms with Gasteiger partial charge in [0.25, 0.3) is 0 Å². The normalized spacial score (nSPS) is 11.1. The molecular formula is C24H20ClN7OS. The molecule has 170 valence electrons. The summed E-state index contributed by atoms with van der Waals surface area (Å²) in [5, 5.41) is 14.5. The van der Waals surface area contributed by atoms with Crippen LogP contribution in [0, 0.1) is 0 Å². The van der Waals surface area contributed by atoms with Gasteiger partial charge in [0.1, 0.15) is 11.4 Å². The van der Waals surface area contributed by atoms with Gasteiger partial charge in [-0.05, 0) is 43.3 Å². The lowest BCUT2D eigenvalue weighted by atomic mass is 10.2. The maximum absolute atomic E-state index is 5.79. The summed E-state index contributed by atoms with van der Waals surface area (Å²) in [5.74, 6) is 2.32. The Balaban J connectivity index is 0.00000241. The molecule has 8 nitrogen and oxygen atoms in total. The molecule has 6 rings (SSSR count). The first-order valence-electron chi connectivity index (χ1n) is 10.6. The Morgan fingerprint density at radius 2 is 1.76 bits per heavy atom. The first-order valence-corrected chi connectivity index (χ1v) is 11.4. The molecule has 0 fully saturated rings. The molecule has 0 saturated heterocycles. The molecule has 0 spiro atoms. The standard InChI is InChI=1S/C24H19N7OS.ClH/c1-2-32-20-13-6-3-9-16(20)23-29-31-21(27-28-24(31)33-23)15-30-19-12-5-4-10-17(19)26-22(30)18-11-7-8-14-25-18;/h3-14H,2,15H2,1H3;1H. The summed E-state index contributed by atoms with van der Waals surface area (Å²) in [5.41, 5.74) is 3.66. The number of para-hydroxylation sites is 3. The average molecular weight is 490 g/mol. The fourth-order valence-corrected chi connectivity index (χ4v) is 4.75. The van der Waals surface area contributed by atoms with Gasteiger partial charge in [0.15, 0.2) is 16.7 Å². The van der Waals surface area contributed by atoms with E-state index in [2.05, 4.69) is 25.8 Å². The molecule has 4 heterocycles. The highest BCUT2D eigenvalue weighted by Crippen LogP contribution is 2.33. The van der Waals surface area contributed by atoms with Crippen LogP contribution in [0.2, 0.25) is 0 Å². The minimum absolute atomic E-state index is 0. The molecule has 0 aliphatic carbocycles. The van der Waals surface area contributed by atoms with Crippen LogP contribution >= 0.6 is 23.7 Å². The number of aromatic nitrogens is 7. The average Bonchev–Trinajstić information content (AvgIpc) is 3.54. The third-order valence-corrected chi connectivity index (χ3v) is 6.25. The maximum atomic E-state index is 5.79. The van der Waals surface area contributed by atoms with E-state index < -0.39 is 0 Å². The van der Waals surface area contributed by atoms with Gasteiger partial charge in [-0.15, -0.1) is 22.6 Å². The molecule has 0 saturated carbocycles. The number of hydrogen-bond donors (Lipinski definition) is 0. The second-order valence-electron chi connectivity index (χ2n) is 7.37. The zero-order valence-electron chi connectivity index (χ0n) is 18.2. The van der Waals surface area contributed by atoms with Gasteiger partial charge in [0.05, 0.1) is 29.7 Å². The zero-order chi connectivity index (χ0) is 22.2.